The molecule has 0 amide bonds. The molecule has 1 heterocycles. The monoisotopic (exact) mass is 282 g/mol. The molecule has 0 fully saturated rings. The molecule has 0 spiro atoms. The molecule has 0 aromatic carbocycles. The van der Waals surface area contributed by atoms with Gasteiger partial charge in [0.2, 0.25) is 0 Å². The summed E-state index contributed by atoms with van der Waals surface area (Å²) in [5, 5.41) is 0. The van der Waals surface area contributed by atoms with Crippen molar-refractivity contribution in [1.29, 1.82) is 0 Å². The van der Waals surface area contributed by atoms with Gasteiger partial charge in [-0.25, -0.2) is 4.98 Å². The molecule has 1 aromatic heterocycles. The lowest BCUT2D eigenvalue weighted by molar-refractivity contribution is 0.414. The third kappa shape index (κ3) is 4.52. The van der Waals surface area contributed by atoms with E-state index in [9.17, 15) is 8.42 Å². The number of anilines is 1. The average Bonchev–Trinajstić information content (AvgIpc) is 2.35. The Hall–Kier alpha value is -1.62. The van der Waals surface area contributed by atoms with Crippen LogP contribution in [0, 0.1) is 11.8 Å². The predicted octanol–water partition coefficient (Wildman–Crippen LogP) is 0.389. The fraction of sp³-hybridized carbons (Fsp3) is 0.417. The molecule has 0 atom stereocenters. The summed E-state index contributed by atoms with van der Waals surface area (Å²) < 4.78 is 27.6. The van der Waals surface area contributed by atoms with Crippen LogP contribution in [0.1, 0.15) is 19.5 Å². The van der Waals surface area contributed by atoms with Crippen molar-refractivity contribution in [2.24, 2.45) is 5.73 Å². The highest BCUT2D eigenvalue weighted by molar-refractivity contribution is 7.90. The number of nitrogens with zero attached hydrogens (tertiary/aromatic N) is 2. The Balaban J connectivity index is 2.94. The summed E-state index contributed by atoms with van der Waals surface area (Å²) in [7, 11) is -2.10. The molecule has 1 rings (SSSR count). The van der Waals surface area contributed by atoms with E-state index >= 15 is 0 Å². The second kappa shape index (κ2) is 6.52. The van der Waals surface area contributed by atoms with Crippen molar-refractivity contribution in [2.45, 2.75) is 19.9 Å². The predicted molar refractivity (Wildman–Crippen MR) is 75.6 cm³/mol. The van der Waals surface area contributed by atoms with Gasteiger partial charge in [-0.05, 0) is 31.9 Å². The molecule has 0 saturated heterocycles. The maximum Gasteiger partial charge on any atom is 0.302 e. The summed E-state index contributed by atoms with van der Waals surface area (Å²) in [6.07, 6.45) is 0. The molecule has 0 aliphatic heterocycles. The average molecular weight is 282 g/mol. The van der Waals surface area contributed by atoms with Crippen LogP contribution in [0.25, 0.3) is 0 Å². The first-order chi connectivity index (χ1) is 8.86. The van der Waals surface area contributed by atoms with Gasteiger partial charge in [-0.2, -0.15) is 12.7 Å². The SMILES string of the molecule is CC(C)N(C)S(=O)(=O)Nc1cccc(C#CCN)n1. The van der Waals surface area contributed by atoms with Crippen LogP contribution in [0.4, 0.5) is 5.82 Å². The van der Waals surface area contributed by atoms with E-state index in [-0.39, 0.29) is 18.4 Å². The van der Waals surface area contributed by atoms with Crippen molar-refractivity contribution in [1.82, 2.24) is 9.29 Å². The van der Waals surface area contributed by atoms with Crippen molar-refractivity contribution in [3.63, 3.8) is 0 Å². The number of nitrogens with two attached hydrogens (primary N) is 1. The first-order valence-corrected chi connectivity index (χ1v) is 7.22. The fourth-order valence-corrected chi connectivity index (χ4v) is 2.26. The van der Waals surface area contributed by atoms with Crippen LogP contribution in [0.3, 0.4) is 0 Å². The van der Waals surface area contributed by atoms with E-state index in [2.05, 4.69) is 21.5 Å². The summed E-state index contributed by atoms with van der Waals surface area (Å²) in [5.74, 6) is 5.64. The van der Waals surface area contributed by atoms with E-state index in [0.29, 0.717) is 5.69 Å². The number of rotatable bonds is 4. The van der Waals surface area contributed by atoms with E-state index < -0.39 is 10.2 Å². The zero-order chi connectivity index (χ0) is 14.5. The van der Waals surface area contributed by atoms with Gasteiger partial charge in [-0.15, -0.1) is 0 Å². The lowest BCUT2D eigenvalue weighted by atomic mass is 10.3. The van der Waals surface area contributed by atoms with Gasteiger partial charge >= 0.3 is 10.2 Å². The molecular weight excluding hydrogens is 264 g/mol. The number of hydrogen-bond donors (Lipinski definition) is 2. The van der Waals surface area contributed by atoms with Crippen molar-refractivity contribution in [2.75, 3.05) is 18.3 Å². The Morgan fingerprint density at radius 2 is 2.16 bits per heavy atom. The fourth-order valence-electron chi connectivity index (χ4n) is 1.18. The third-order valence-corrected chi connectivity index (χ3v) is 4.05. The van der Waals surface area contributed by atoms with Gasteiger partial charge in [-0.1, -0.05) is 12.0 Å². The van der Waals surface area contributed by atoms with Gasteiger partial charge in [0.1, 0.15) is 11.5 Å². The normalized spacial score (nSPS) is 11.3. The van der Waals surface area contributed by atoms with Crippen molar-refractivity contribution in [3.05, 3.63) is 23.9 Å². The molecule has 7 heteroatoms. The summed E-state index contributed by atoms with van der Waals surface area (Å²) in [6, 6.07) is 4.80. The molecule has 0 bridgehead atoms. The van der Waals surface area contributed by atoms with Crippen molar-refractivity contribution < 1.29 is 8.42 Å². The third-order valence-electron chi connectivity index (χ3n) is 2.41. The Morgan fingerprint density at radius 3 is 2.74 bits per heavy atom. The highest BCUT2D eigenvalue weighted by Crippen LogP contribution is 2.10. The summed E-state index contributed by atoms with van der Waals surface area (Å²) >= 11 is 0. The topological polar surface area (TPSA) is 88.3 Å². The Kier molecular flexibility index (Phi) is 5.30. The summed E-state index contributed by atoms with van der Waals surface area (Å²) in [5.41, 5.74) is 5.74. The molecule has 104 valence electrons. The number of pyridine rings is 1. The second-order valence-electron chi connectivity index (χ2n) is 4.13. The van der Waals surface area contributed by atoms with Gasteiger partial charge in [0, 0.05) is 13.1 Å². The van der Waals surface area contributed by atoms with Gasteiger partial charge in [0.05, 0.1) is 6.54 Å². The lowest BCUT2D eigenvalue weighted by Crippen LogP contribution is -2.37. The van der Waals surface area contributed by atoms with Gasteiger partial charge in [0.25, 0.3) is 0 Å². The van der Waals surface area contributed by atoms with Crippen LogP contribution >= 0.6 is 0 Å². The molecular formula is C12H18N4O2S. The Labute approximate surface area is 114 Å². The molecule has 0 aliphatic carbocycles. The zero-order valence-electron chi connectivity index (χ0n) is 11.2. The molecule has 0 radical (unpaired) electrons. The molecule has 0 aliphatic rings. The number of hydrogen-bond acceptors (Lipinski definition) is 4. The van der Waals surface area contributed by atoms with Crippen LogP contribution in [-0.2, 0) is 10.2 Å². The Morgan fingerprint density at radius 1 is 1.47 bits per heavy atom. The van der Waals surface area contributed by atoms with Crippen molar-refractivity contribution >= 4 is 16.0 Å². The van der Waals surface area contributed by atoms with E-state index in [0.717, 1.165) is 0 Å². The smallest absolute Gasteiger partial charge is 0.302 e. The minimum atomic E-state index is -3.60. The van der Waals surface area contributed by atoms with Gasteiger partial charge < -0.3 is 5.73 Å². The highest BCUT2D eigenvalue weighted by Gasteiger charge is 2.20. The summed E-state index contributed by atoms with van der Waals surface area (Å²) in [4.78, 5) is 4.09. The van der Waals surface area contributed by atoms with Crippen LogP contribution in [0.5, 0.6) is 0 Å². The second-order valence-corrected chi connectivity index (χ2v) is 5.86. The first kappa shape index (κ1) is 15.4. The molecule has 3 N–H and O–H groups in total. The van der Waals surface area contributed by atoms with E-state index in [1.807, 2.05) is 0 Å². The molecule has 6 nitrogen and oxygen atoms in total. The molecule has 0 saturated carbocycles. The Bertz CT molecular complexity index is 587. The largest absolute Gasteiger partial charge is 0.320 e. The van der Waals surface area contributed by atoms with E-state index in [1.165, 1.54) is 11.4 Å². The van der Waals surface area contributed by atoms with Crippen LogP contribution in [-0.4, -0.2) is 37.3 Å². The number of nitrogens with one attached hydrogen (secondary N) is 1. The quantitative estimate of drug-likeness (QED) is 0.782. The lowest BCUT2D eigenvalue weighted by Gasteiger charge is -2.21. The summed E-state index contributed by atoms with van der Waals surface area (Å²) in [6.45, 7) is 3.80. The minimum absolute atomic E-state index is 0.141. The first-order valence-electron chi connectivity index (χ1n) is 5.78. The molecule has 1 aromatic rings. The van der Waals surface area contributed by atoms with Crippen LogP contribution in [0.2, 0.25) is 0 Å². The standard InChI is InChI=1S/C12H18N4O2S/c1-10(2)16(3)19(17,18)15-12-8-4-6-11(14-12)7-5-9-13/h4,6,8,10H,9,13H2,1-3H3,(H,14,15). The van der Waals surface area contributed by atoms with E-state index in [1.54, 1.807) is 32.0 Å². The van der Waals surface area contributed by atoms with Gasteiger partial charge in [-0.3, -0.25) is 4.72 Å². The zero-order valence-corrected chi connectivity index (χ0v) is 12.0. The maximum absolute atomic E-state index is 12.0. The van der Waals surface area contributed by atoms with Crippen LogP contribution < -0.4 is 10.5 Å². The number of aromatic nitrogens is 1. The minimum Gasteiger partial charge on any atom is -0.320 e. The van der Waals surface area contributed by atoms with Gasteiger partial charge in [0.15, 0.2) is 0 Å². The van der Waals surface area contributed by atoms with E-state index in [4.69, 9.17) is 5.73 Å². The highest BCUT2D eigenvalue weighted by atomic mass is 32.2. The van der Waals surface area contributed by atoms with Crippen LogP contribution in [0.15, 0.2) is 18.2 Å². The van der Waals surface area contributed by atoms with Crippen molar-refractivity contribution in [3.8, 4) is 11.8 Å². The molecule has 0 unspecified atom stereocenters. The molecule has 19 heavy (non-hydrogen) atoms. The maximum atomic E-state index is 12.0.